The fourth-order valence-corrected chi connectivity index (χ4v) is 6.07. The molecule has 0 aliphatic carbocycles. The average Bonchev–Trinajstić information content (AvgIpc) is 3.09. The van der Waals surface area contributed by atoms with Crippen LogP contribution >= 0.6 is 7.82 Å². The second-order valence-electron chi connectivity index (χ2n) is 13.3. The van der Waals surface area contributed by atoms with Crippen molar-refractivity contribution in [3.05, 3.63) is 24.3 Å². The Kier molecular flexibility index (Phi) is 35.9. The lowest BCUT2D eigenvalue weighted by Gasteiger charge is -2.20. The topological polar surface area (TPSA) is 132 Å². The van der Waals surface area contributed by atoms with Gasteiger partial charge >= 0.3 is 13.8 Å². The van der Waals surface area contributed by atoms with E-state index in [1.807, 2.05) is 0 Å². The van der Waals surface area contributed by atoms with Crippen LogP contribution in [0.2, 0.25) is 0 Å². The summed E-state index contributed by atoms with van der Waals surface area (Å²) in [4.78, 5) is 22.5. The second kappa shape index (κ2) is 36.7. The summed E-state index contributed by atoms with van der Waals surface area (Å²) < 4.78 is 33.2. The van der Waals surface area contributed by atoms with Gasteiger partial charge < -0.3 is 24.6 Å². The van der Waals surface area contributed by atoms with E-state index in [1.54, 1.807) is 0 Å². The van der Waals surface area contributed by atoms with Crippen LogP contribution in [0.5, 0.6) is 0 Å². The van der Waals surface area contributed by atoms with E-state index in [1.165, 1.54) is 89.9 Å². The number of ether oxygens (including phenoxy) is 2. The predicted molar refractivity (Wildman–Crippen MR) is 201 cm³/mol. The minimum Gasteiger partial charge on any atom is -0.457 e. The van der Waals surface area contributed by atoms with E-state index >= 15 is 0 Å². The molecule has 290 valence electrons. The second-order valence-corrected chi connectivity index (χ2v) is 14.7. The van der Waals surface area contributed by atoms with Crippen LogP contribution in [0, 0.1) is 0 Å². The van der Waals surface area contributed by atoms with Crippen LogP contribution in [0.4, 0.5) is 0 Å². The Morgan fingerprint density at radius 3 is 1.55 bits per heavy atom. The zero-order chi connectivity index (χ0) is 36.1. The van der Waals surface area contributed by atoms with Crippen molar-refractivity contribution in [2.75, 3.05) is 33.0 Å². The molecule has 0 fully saturated rings. The van der Waals surface area contributed by atoms with Crippen molar-refractivity contribution in [3.63, 3.8) is 0 Å². The maximum absolute atomic E-state index is 12.6. The molecule has 0 radical (unpaired) electrons. The van der Waals surface area contributed by atoms with E-state index in [0.717, 1.165) is 64.2 Å². The van der Waals surface area contributed by atoms with Gasteiger partial charge in [-0.3, -0.25) is 13.8 Å². The van der Waals surface area contributed by atoms with E-state index in [2.05, 4.69) is 38.2 Å². The van der Waals surface area contributed by atoms with Crippen LogP contribution in [0.1, 0.15) is 174 Å². The highest BCUT2D eigenvalue weighted by Gasteiger charge is 2.26. The molecule has 0 spiro atoms. The summed E-state index contributed by atoms with van der Waals surface area (Å²) in [5, 5.41) is 18.3. The smallest absolute Gasteiger partial charge is 0.457 e. The van der Waals surface area contributed by atoms with Crippen LogP contribution in [0.3, 0.4) is 0 Å². The Morgan fingerprint density at radius 1 is 0.612 bits per heavy atom. The molecule has 0 amide bonds. The number of hydrogen-bond acceptors (Lipinski definition) is 8. The van der Waals surface area contributed by atoms with Gasteiger partial charge in [0.15, 0.2) is 0 Å². The first-order valence-corrected chi connectivity index (χ1v) is 21.3. The van der Waals surface area contributed by atoms with Gasteiger partial charge in [-0.15, -0.1) is 0 Å². The number of carbonyl (C=O) groups is 1. The number of hydrogen-bond donors (Lipinski definition) is 3. The van der Waals surface area contributed by atoms with Crippen molar-refractivity contribution in [1.82, 2.24) is 0 Å². The fraction of sp³-hybridized carbons (Fsp3) is 0.872. The quantitative estimate of drug-likeness (QED) is 0.0247. The standard InChI is InChI=1S/C39H75O9P/c1-3-5-7-9-11-13-15-17-19-21-23-25-27-29-31-39(42)48-38(36-47-49(43,44)46-34-37(41)33-40)35-45-32-30-28-26-24-22-20-18-16-14-12-10-8-6-4-2/h14-17,37-38,40-41H,3-13,18-36H2,1-2H3,(H,43,44)/b16-14-,17-15-. The maximum Gasteiger partial charge on any atom is 0.472 e. The Morgan fingerprint density at radius 2 is 1.04 bits per heavy atom. The van der Waals surface area contributed by atoms with Gasteiger partial charge in [-0.05, 0) is 64.2 Å². The lowest BCUT2D eigenvalue weighted by molar-refractivity contribution is -0.154. The van der Waals surface area contributed by atoms with Crippen LogP contribution < -0.4 is 0 Å². The summed E-state index contributed by atoms with van der Waals surface area (Å²) in [6.45, 7) is 3.47. The molecule has 3 unspecified atom stereocenters. The number of allylic oxidation sites excluding steroid dienone is 4. The molecule has 0 saturated carbocycles. The minimum atomic E-state index is -4.51. The zero-order valence-corrected chi connectivity index (χ0v) is 32.3. The number of aliphatic hydroxyl groups excluding tert-OH is 2. The number of esters is 1. The lowest BCUT2D eigenvalue weighted by atomic mass is 10.1. The summed E-state index contributed by atoms with van der Waals surface area (Å²) in [5.74, 6) is -0.394. The minimum absolute atomic E-state index is 0.0437. The van der Waals surface area contributed by atoms with E-state index in [4.69, 9.17) is 23.6 Å². The third-order valence-corrected chi connectivity index (χ3v) is 9.31. The summed E-state index contributed by atoms with van der Waals surface area (Å²) in [6.07, 6.45) is 35.6. The Bertz CT molecular complexity index is 820. The van der Waals surface area contributed by atoms with E-state index in [0.29, 0.717) is 6.61 Å². The number of unbranched alkanes of at least 4 members (excludes halogenated alkanes) is 20. The number of phosphoric ester groups is 1. The maximum atomic E-state index is 12.6. The van der Waals surface area contributed by atoms with Gasteiger partial charge in [-0.25, -0.2) is 4.57 Å². The van der Waals surface area contributed by atoms with Crippen LogP contribution in [-0.2, 0) is 27.9 Å². The van der Waals surface area contributed by atoms with Gasteiger partial charge in [0.1, 0.15) is 12.2 Å². The molecule has 0 aromatic carbocycles. The fourth-order valence-electron chi connectivity index (χ4n) is 5.28. The van der Waals surface area contributed by atoms with Crippen molar-refractivity contribution in [3.8, 4) is 0 Å². The molecule has 3 N–H and O–H groups in total. The van der Waals surface area contributed by atoms with E-state index in [-0.39, 0.29) is 19.6 Å². The van der Waals surface area contributed by atoms with Gasteiger partial charge in [0, 0.05) is 13.0 Å². The molecule has 0 saturated heterocycles. The van der Waals surface area contributed by atoms with Gasteiger partial charge in [0.05, 0.1) is 26.4 Å². The van der Waals surface area contributed by atoms with Crippen molar-refractivity contribution >= 4 is 13.8 Å². The summed E-state index contributed by atoms with van der Waals surface area (Å²) >= 11 is 0. The summed E-state index contributed by atoms with van der Waals surface area (Å²) in [6, 6.07) is 0. The Balaban J connectivity index is 4.24. The first-order valence-electron chi connectivity index (χ1n) is 19.8. The van der Waals surface area contributed by atoms with Gasteiger partial charge in [-0.2, -0.15) is 0 Å². The van der Waals surface area contributed by atoms with E-state index in [9.17, 15) is 19.4 Å². The molecule has 0 rings (SSSR count). The molecule has 0 aromatic rings. The monoisotopic (exact) mass is 719 g/mol. The Labute approximate surface area is 300 Å². The van der Waals surface area contributed by atoms with Gasteiger partial charge in [0.2, 0.25) is 0 Å². The molecular weight excluding hydrogens is 643 g/mol. The van der Waals surface area contributed by atoms with Crippen molar-refractivity contribution in [1.29, 1.82) is 0 Å². The molecule has 0 aromatic heterocycles. The highest BCUT2D eigenvalue weighted by atomic mass is 31.2. The predicted octanol–water partition coefficient (Wildman–Crippen LogP) is 10.3. The highest BCUT2D eigenvalue weighted by molar-refractivity contribution is 7.47. The Hall–Kier alpha value is -1.06. The third-order valence-electron chi connectivity index (χ3n) is 8.36. The van der Waals surface area contributed by atoms with Gasteiger partial charge in [0.25, 0.3) is 0 Å². The highest BCUT2D eigenvalue weighted by Crippen LogP contribution is 2.43. The largest absolute Gasteiger partial charge is 0.472 e. The zero-order valence-electron chi connectivity index (χ0n) is 31.4. The number of phosphoric acid groups is 1. The van der Waals surface area contributed by atoms with Crippen molar-refractivity contribution in [2.24, 2.45) is 0 Å². The number of rotatable bonds is 38. The molecule has 0 aliphatic rings. The molecule has 3 atom stereocenters. The SMILES string of the molecule is CCCCCC/C=C\CCCCCCCCOCC(COP(=O)(O)OCC(O)CO)OC(=O)CCCCCCC/C=C\CCCCCCC. The molecule has 49 heavy (non-hydrogen) atoms. The normalized spacial score (nSPS) is 14.5. The van der Waals surface area contributed by atoms with Crippen molar-refractivity contribution < 1.29 is 43.0 Å². The molecule has 0 bridgehead atoms. The first kappa shape index (κ1) is 47.9. The molecule has 0 heterocycles. The summed E-state index contributed by atoms with van der Waals surface area (Å²) in [7, 11) is -4.51. The van der Waals surface area contributed by atoms with E-state index < -0.39 is 39.2 Å². The first-order chi connectivity index (χ1) is 23.8. The molecule has 0 aliphatic heterocycles. The van der Waals surface area contributed by atoms with Crippen LogP contribution in [0.25, 0.3) is 0 Å². The van der Waals surface area contributed by atoms with Crippen LogP contribution in [0.15, 0.2) is 24.3 Å². The van der Waals surface area contributed by atoms with Gasteiger partial charge in [-0.1, -0.05) is 128 Å². The molecule has 9 nitrogen and oxygen atoms in total. The molecular formula is C39H75O9P. The lowest BCUT2D eigenvalue weighted by Crippen LogP contribution is -2.29. The van der Waals surface area contributed by atoms with Crippen molar-refractivity contribution in [2.45, 2.75) is 187 Å². The third kappa shape index (κ3) is 36.5. The van der Waals surface area contributed by atoms with Crippen LogP contribution in [-0.4, -0.2) is 66.3 Å². The average molecular weight is 719 g/mol. The number of aliphatic hydroxyl groups is 2. The summed E-state index contributed by atoms with van der Waals surface area (Å²) in [5.41, 5.74) is 0. The number of carbonyl (C=O) groups excluding carboxylic acids is 1. The molecule has 10 heteroatoms.